The first-order valence-corrected chi connectivity index (χ1v) is 6.17. The molecule has 18 heavy (non-hydrogen) atoms. The van der Waals surface area contributed by atoms with Crippen LogP contribution in [0.3, 0.4) is 0 Å². The van der Waals surface area contributed by atoms with Crippen LogP contribution in [0.25, 0.3) is 0 Å². The number of rotatable bonds is 3. The molecule has 0 unspecified atom stereocenters. The van der Waals surface area contributed by atoms with E-state index in [0.717, 1.165) is 36.7 Å². The third-order valence-corrected chi connectivity index (χ3v) is 3.28. The molecule has 0 spiro atoms. The summed E-state index contributed by atoms with van der Waals surface area (Å²) in [7, 11) is 0. The first-order chi connectivity index (χ1) is 8.83. The molecule has 0 fully saturated rings. The van der Waals surface area contributed by atoms with Gasteiger partial charge in [-0.1, -0.05) is 6.07 Å². The van der Waals surface area contributed by atoms with Gasteiger partial charge in [0.05, 0.1) is 5.69 Å². The molecule has 1 aromatic carbocycles. The molecule has 0 saturated carbocycles. The normalized spacial score (nSPS) is 14.3. The minimum Gasteiger partial charge on any atom is -0.486 e. The molecule has 0 radical (unpaired) electrons. The second-order valence-corrected chi connectivity index (χ2v) is 4.51. The number of hydrogen-bond donors (Lipinski definition) is 1. The standard InChI is InChI=1S/C14H16N2O2/c1-10-14(18-9-16-10)8-17-13-3-2-12-7-15-5-4-11(12)6-13/h2-3,6,9,15H,4-5,7-8H2,1H3. The molecule has 2 aromatic rings. The van der Waals surface area contributed by atoms with Crippen molar-refractivity contribution in [3.05, 3.63) is 47.2 Å². The quantitative estimate of drug-likeness (QED) is 0.899. The highest BCUT2D eigenvalue weighted by atomic mass is 16.5. The van der Waals surface area contributed by atoms with Crippen LogP contribution in [0.4, 0.5) is 0 Å². The van der Waals surface area contributed by atoms with Crippen molar-refractivity contribution in [2.24, 2.45) is 0 Å². The molecule has 0 aliphatic carbocycles. The van der Waals surface area contributed by atoms with E-state index in [1.165, 1.54) is 17.5 Å². The summed E-state index contributed by atoms with van der Waals surface area (Å²) in [6.45, 7) is 4.35. The summed E-state index contributed by atoms with van der Waals surface area (Å²) in [6.07, 6.45) is 2.51. The fourth-order valence-corrected chi connectivity index (χ4v) is 2.16. The molecule has 0 saturated heterocycles. The SMILES string of the molecule is Cc1ncoc1COc1ccc2c(c1)CCNC2. The molecule has 94 valence electrons. The molecule has 4 heteroatoms. The molecule has 2 heterocycles. The van der Waals surface area contributed by atoms with Gasteiger partial charge in [-0.05, 0) is 43.1 Å². The predicted molar refractivity (Wildman–Crippen MR) is 67.4 cm³/mol. The monoisotopic (exact) mass is 244 g/mol. The number of ether oxygens (including phenoxy) is 1. The average molecular weight is 244 g/mol. The lowest BCUT2D eigenvalue weighted by Crippen LogP contribution is -2.23. The van der Waals surface area contributed by atoms with Gasteiger partial charge in [-0.2, -0.15) is 0 Å². The summed E-state index contributed by atoms with van der Waals surface area (Å²) < 4.78 is 11.0. The number of oxazole rings is 1. The maximum atomic E-state index is 5.74. The van der Waals surface area contributed by atoms with Crippen LogP contribution >= 0.6 is 0 Å². The van der Waals surface area contributed by atoms with Crippen LogP contribution < -0.4 is 10.1 Å². The van der Waals surface area contributed by atoms with E-state index in [-0.39, 0.29) is 0 Å². The van der Waals surface area contributed by atoms with E-state index in [4.69, 9.17) is 9.15 Å². The lowest BCUT2D eigenvalue weighted by Gasteiger charge is -2.17. The van der Waals surface area contributed by atoms with E-state index in [0.29, 0.717) is 6.61 Å². The summed E-state index contributed by atoms with van der Waals surface area (Å²) in [6, 6.07) is 6.27. The lowest BCUT2D eigenvalue weighted by atomic mass is 10.0. The Hall–Kier alpha value is -1.81. The highest BCUT2D eigenvalue weighted by Gasteiger charge is 2.10. The van der Waals surface area contributed by atoms with Gasteiger partial charge in [0.25, 0.3) is 0 Å². The number of nitrogens with one attached hydrogen (secondary N) is 1. The molecular formula is C14H16N2O2. The van der Waals surface area contributed by atoms with Gasteiger partial charge in [0, 0.05) is 6.54 Å². The maximum Gasteiger partial charge on any atom is 0.181 e. The molecule has 0 bridgehead atoms. The molecule has 4 nitrogen and oxygen atoms in total. The summed E-state index contributed by atoms with van der Waals surface area (Å²) >= 11 is 0. The summed E-state index contributed by atoms with van der Waals surface area (Å²) in [4.78, 5) is 4.04. The van der Waals surface area contributed by atoms with Gasteiger partial charge in [0.1, 0.15) is 12.4 Å². The zero-order valence-corrected chi connectivity index (χ0v) is 10.4. The topological polar surface area (TPSA) is 47.3 Å². The van der Waals surface area contributed by atoms with Crippen LogP contribution in [-0.4, -0.2) is 11.5 Å². The third-order valence-electron chi connectivity index (χ3n) is 3.28. The molecular weight excluding hydrogens is 228 g/mol. The Morgan fingerprint density at radius 1 is 1.39 bits per heavy atom. The zero-order valence-electron chi connectivity index (χ0n) is 10.4. The Morgan fingerprint density at radius 3 is 3.17 bits per heavy atom. The average Bonchev–Trinajstić information content (AvgIpc) is 2.82. The number of hydrogen-bond acceptors (Lipinski definition) is 4. The molecule has 1 aliphatic heterocycles. The Morgan fingerprint density at radius 2 is 2.33 bits per heavy atom. The van der Waals surface area contributed by atoms with Crippen LogP contribution in [0.15, 0.2) is 29.0 Å². The Labute approximate surface area is 106 Å². The van der Waals surface area contributed by atoms with Crippen LogP contribution in [0.2, 0.25) is 0 Å². The van der Waals surface area contributed by atoms with Crippen LogP contribution in [0.1, 0.15) is 22.6 Å². The molecule has 0 atom stereocenters. The largest absolute Gasteiger partial charge is 0.486 e. The molecule has 1 aromatic heterocycles. The fourth-order valence-electron chi connectivity index (χ4n) is 2.16. The molecule has 1 N–H and O–H groups in total. The first kappa shape index (κ1) is 11.3. The second kappa shape index (κ2) is 4.82. The first-order valence-electron chi connectivity index (χ1n) is 6.17. The van der Waals surface area contributed by atoms with Crippen molar-refractivity contribution in [3.8, 4) is 5.75 Å². The van der Waals surface area contributed by atoms with Gasteiger partial charge in [-0.15, -0.1) is 0 Å². The second-order valence-electron chi connectivity index (χ2n) is 4.51. The van der Waals surface area contributed by atoms with Crippen molar-refractivity contribution < 1.29 is 9.15 Å². The van der Waals surface area contributed by atoms with Gasteiger partial charge in [0.2, 0.25) is 0 Å². The molecule has 0 amide bonds. The summed E-state index contributed by atoms with van der Waals surface area (Å²) in [5.74, 6) is 1.68. The Balaban J connectivity index is 1.71. The van der Waals surface area contributed by atoms with Crippen molar-refractivity contribution >= 4 is 0 Å². The van der Waals surface area contributed by atoms with Gasteiger partial charge in [-0.3, -0.25) is 0 Å². The van der Waals surface area contributed by atoms with Crippen LogP contribution in [0, 0.1) is 6.92 Å². The van der Waals surface area contributed by atoms with Crippen molar-refractivity contribution in [2.45, 2.75) is 26.5 Å². The maximum absolute atomic E-state index is 5.74. The van der Waals surface area contributed by atoms with Crippen molar-refractivity contribution in [3.63, 3.8) is 0 Å². The van der Waals surface area contributed by atoms with Crippen LogP contribution in [-0.2, 0) is 19.6 Å². The smallest absolute Gasteiger partial charge is 0.181 e. The van der Waals surface area contributed by atoms with Crippen molar-refractivity contribution in [1.82, 2.24) is 10.3 Å². The Bertz CT molecular complexity index is 548. The van der Waals surface area contributed by atoms with E-state index in [1.807, 2.05) is 13.0 Å². The molecule has 1 aliphatic rings. The fraction of sp³-hybridized carbons (Fsp3) is 0.357. The Kier molecular flexibility index (Phi) is 3.02. The van der Waals surface area contributed by atoms with Gasteiger partial charge in [-0.25, -0.2) is 4.98 Å². The van der Waals surface area contributed by atoms with E-state index >= 15 is 0 Å². The number of aromatic nitrogens is 1. The highest BCUT2D eigenvalue weighted by molar-refractivity contribution is 5.37. The molecule has 3 rings (SSSR count). The highest BCUT2D eigenvalue weighted by Crippen LogP contribution is 2.21. The number of aryl methyl sites for hydroxylation is 1. The van der Waals surface area contributed by atoms with Gasteiger partial charge < -0.3 is 14.5 Å². The number of nitrogens with zero attached hydrogens (tertiary/aromatic N) is 1. The lowest BCUT2D eigenvalue weighted by molar-refractivity contribution is 0.268. The van der Waals surface area contributed by atoms with Crippen LogP contribution in [0.5, 0.6) is 5.75 Å². The van der Waals surface area contributed by atoms with E-state index < -0.39 is 0 Å². The minimum absolute atomic E-state index is 0.433. The minimum atomic E-state index is 0.433. The van der Waals surface area contributed by atoms with Crippen molar-refractivity contribution in [1.29, 1.82) is 0 Å². The number of benzene rings is 1. The third kappa shape index (κ3) is 2.24. The zero-order chi connectivity index (χ0) is 12.4. The van der Waals surface area contributed by atoms with E-state index in [1.54, 1.807) is 0 Å². The summed E-state index contributed by atoms with van der Waals surface area (Å²) in [5, 5.41) is 3.36. The van der Waals surface area contributed by atoms with Crippen molar-refractivity contribution in [2.75, 3.05) is 6.54 Å². The number of fused-ring (bicyclic) bond motifs is 1. The summed E-state index contributed by atoms with van der Waals surface area (Å²) in [5.41, 5.74) is 3.63. The van der Waals surface area contributed by atoms with E-state index in [9.17, 15) is 0 Å². The van der Waals surface area contributed by atoms with E-state index in [2.05, 4.69) is 22.4 Å². The predicted octanol–water partition coefficient (Wildman–Crippen LogP) is 2.21. The van der Waals surface area contributed by atoms with Gasteiger partial charge >= 0.3 is 0 Å². The van der Waals surface area contributed by atoms with Gasteiger partial charge in [0.15, 0.2) is 12.2 Å².